The largest absolute Gasteiger partial charge is 0.382 e. The van der Waals surface area contributed by atoms with Crippen LogP contribution in [-0.2, 0) is 6.54 Å². The van der Waals surface area contributed by atoms with Crippen LogP contribution in [0.1, 0.15) is 24.7 Å². The Morgan fingerprint density at radius 3 is 2.58 bits per heavy atom. The molecule has 2 aromatic rings. The van der Waals surface area contributed by atoms with Gasteiger partial charge in [-0.25, -0.2) is 9.97 Å². The van der Waals surface area contributed by atoms with Crippen molar-refractivity contribution in [1.82, 2.24) is 24.6 Å². The molecule has 0 saturated carbocycles. The van der Waals surface area contributed by atoms with Crippen LogP contribution in [0.15, 0.2) is 30.7 Å². The highest BCUT2D eigenvalue weighted by Gasteiger charge is 2.21. The molecule has 0 radical (unpaired) electrons. The first-order chi connectivity index (χ1) is 9.31. The molecule has 0 amide bonds. The third-order valence-electron chi connectivity index (χ3n) is 3.54. The molecule has 0 aromatic carbocycles. The Morgan fingerprint density at radius 1 is 1.21 bits per heavy atom. The average molecular weight is 258 g/mol. The van der Waals surface area contributed by atoms with E-state index in [-0.39, 0.29) is 0 Å². The van der Waals surface area contributed by atoms with Crippen LogP contribution in [0.3, 0.4) is 0 Å². The summed E-state index contributed by atoms with van der Waals surface area (Å²) in [5.41, 5.74) is 5.66. The van der Waals surface area contributed by atoms with Crippen LogP contribution in [0.5, 0.6) is 0 Å². The summed E-state index contributed by atoms with van der Waals surface area (Å²) in [5.74, 6) is 1.49. The summed E-state index contributed by atoms with van der Waals surface area (Å²) in [7, 11) is 0. The highest BCUT2D eigenvalue weighted by molar-refractivity contribution is 5.24. The van der Waals surface area contributed by atoms with Gasteiger partial charge in [-0.05, 0) is 25.0 Å². The smallest absolute Gasteiger partial charge is 0.145 e. The third kappa shape index (κ3) is 2.90. The van der Waals surface area contributed by atoms with Crippen LogP contribution in [0.4, 0.5) is 5.82 Å². The van der Waals surface area contributed by atoms with E-state index < -0.39 is 0 Å². The Hall–Kier alpha value is -1.95. The minimum absolute atomic E-state index is 0.463. The predicted octanol–water partition coefficient (Wildman–Crippen LogP) is 1.09. The number of hydrogen-bond donors (Lipinski definition) is 1. The van der Waals surface area contributed by atoms with Crippen LogP contribution >= 0.6 is 0 Å². The summed E-state index contributed by atoms with van der Waals surface area (Å²) in [4.78, 5) is 10.9. The van der Waals surface area contributed by atoms with Crippen molar-refractivity contribution < 1.29 is 0 Å². The highest BCUT2D eigenvalue weighted by atomic mass is 15.3. The maximum Gasteiger partial charge on any atom is 0.145 e. The molecule has 0 spiro atoms. The lowest BCUT2D eigenvalue weighted by Gasteiger charge is -2.31. The fourth-order valence-corrected chi connectivity index (χ4v) is 2.51. The Kier molecular flexibility index (Phi) is 3.41. The van der Waals surface area contributed by atoms with E-state index >= 15 is 0 Å². The van der Waals surface area contributed by atoms with Gasteiger partial charge in [0.15, 0.2) is 0 Å². The zero-order chi connectivity index (χ0) is 13.1. The standard InChI is InChI=1S/C13H18N6/c14-12-4-9-19(17-12)11-2-7-18(8-3-11)10-13-15-5-1-6-16-13/h1,4-6,9,11H,2-3,7-8,10H2,(H2,14,17). The Labute approximate surface area is 112 Å². The molecule has 2 aromatic heterocycles. The van der Waals surface area contributed by atoms with Gasteiger partial charge >= 0.3 is 0 Å². The summed E-state index contributed by atoms with van der Waals surface area (Å²) in [5, 5.41) is 4.29. The van der Waals surface area contributed by atoms with E-state index in [0.29, 0.717) is 11.9 Å². The minimum Gasteiger partial charge on any atom is -0.382 e. The number of hydrogen-bond acceptors (Lipinski definition) is 5. The Bertz CT molecular complexity index is 515. The highest BCUT2D eigenvalue weighted by Crippen LogP contribution is 2.22. The van der Waals surface area contributed by atoms with Gasteiger partial charge in [-0.2, -0.15) is 5.10 Å². The molecule has 1 aliphatic heterocycles. The first kappa shape index (κ1) is 12.1. The molecule has 1 saturated heterocycles. The number of piperidine rings is 1. The molecule has 1 aliphatic rings. The quantitative estimate of drug-likeness (QED) is 0.892. The van der Waals surface area contributed by atoms with Gasteiger partial charge in [0.1, 0.15) is 11.6 Å². The lowest BCUT2D eigenvalue weighted by atomic mass is 10.1. The number of anilines is 1. The van der Waals surface area contributed by atoms with Crippen molar-refractivity contribution in [2.45, 2.75) is 25.4 Å². The number of nitrogen functional groups attached to an aromatic ring is 1. The molecule has 2 N–H and O–H groups in total. The van der Waals surface area contributed by atoms with Gasteiger partial charge in [-0.3, -0.25) is 9.58 Å². The SMILES string of the molecule is Nc1ccn(C2CCN(Cc3ncccn3)CC2)n1. The van der Waals surface area contributed by atoms with Crippen LogP contribution < -0.4 is 5.73 Å². The van der Waals surface area contributed by atoms with Crippen LogP contribution in [0.25, 0.3) is 0 Å². The van der Waals surface area contributed by atoms with Gasteiger partial charge in [-0.15, -0.1) is 0 Å². The monoisotopic (exact) mass is 258 g/mol. The van der Waals surface area contributed by atoms with Crippen molar-refractivity contribution in [3.8, 4) is 0 Å². The lowest BCUT2D eigenvalue weighted by molar-refractivity contribution is 0.170. The second-order valence-electron chi connectivity index (χ2n) is 4.89. The Balaban J connectivity index is 1.55. The van der Waals surface area contributed by atoms with E-state index in [0.717, 1.165) is 38.3 Å². The van der Waals surface area contributed by atoms with Crippen molar-refractivity contribution in [3.05, 3.63) is 36.5 Å². The summed E-state index contributed by atoms with van der Waals surface area (Å²) in [6.45, 7) is 2.92. The molecular formula is C13H18N6. The van der Waals surface area contributed by atoms with E-state index in [1.54, 1.807) is 12.4 Å². The topological polar surface area (TPSA) is 72.9 Å². The second kappa shape index (κ2) is 5.36. The predicted molar refractivity (Wildman–Crippen MR) is 72.2 cm³/mol. The molecule has 0 bridgehead atoms. The number of aromatic nitrogens is 4. The van der Waals surface area contributed by atoms with Gasteiger partial charge in [0.05, 0.1) is 12.6 Å². The third-order valence-corrected chi connectivity index (χ3v) is 3.54. The molecule has 0 atom stereocenters. The zero-order valence-corrected chi connectivity index (χ0v) is 10.8. The van der Waals surface area contributed by atoms with Crippen LogP contribution in [-0.4, -0.2) is 37.7 Å². The summed E-state index contributed by atoms with van der Waals surface area (Å²) in [6.07, 6.45) is 7.74. The van der Waals surface area contributed by atoms with Crippen molar-refractivity contribution in [1.29, 1.82) is 0 Å². The second-order valence-corrected chi connectivity index (χ2v) is 4.89. The lowest BCUT2D eigenvalue weighted by Crippen LogP contribution is -2.34. The first-order valence-corrected chi connectivity index (χ1v) is 6.60. The molecule has 3 heterocycles. The molecule has 0 unspecified atom stereocenters. The van der Waals surface area contributed by atoms with Crippen molar-refractivity contribution in [2.75, 3.05) is 18.8 Å². The number of nitrogens with zero attached hydrogens (tertiary/aromatic N) is 5. The van der Waals surface area contributed by atoms with E-state index in [1.807, 2.05) is 23.0 Å². The average Bonchev–Trinajstić information content (AvgIpc) is 2.87. The molecule has 6 heteroatoms. The Morgan fingerprint density at radius 2 is 1.95 bits per heavy atom. The van der Waals surface area contributed by atoms with E-state index in [1.165, 1.54) is 0 Å². The maximum atomic E-state index is 5.66. The number of rotatable bonds is 3. The molecule has 19 heavy (non-hydrogen) atoms. The van der Waals surface area contributed by atoms with Gasteiger partial charge in [-0.1, -0.05) is 0 Å². The molecular weight excluding hydrogens is 240 g/mol. The fraction of sp³-hybridized carbons (Fsp3) is 0.462. The van der Waals surface area contributed by atoms with Crippen molar-refractivity contribution >= 4 is 5.82 Å². The van der Waals surface area contributed by atoms with Gasteiger partial charge in [0.2, 0.25) is 0 Å². The summed E-state index contributed by atoms with van der Waals surface area (Å²) in [6, 6.07) is 4.16. The zero-order valence-electron chi connectivity index (χ0n) is 10.8. The molecule has 6 nitrogen and oxygen atoms in total. The molecule has 1 fully saturated rings. The van der Waals surface area contributed by atoms with Crippen molar-refractivity contribution in [3.63, 3.8) is 0 Å². The normalized spacial score (nSPS) is 17.7. The number of nitrogens with two attached hydrogens (primary N) is 1. The summed E-state index contributed by atoms with van der Waals surface area (Å²) < 4.78 is 1.99. The first-order valence-electron chi connectivity index (χ1n) is 6.60. The van der Waals surface area contributed by atoms with Crippen molar-refractivity contribution in [2.24, 2.45) is 0 Å². The van der Waals surface area contributed by atoms with Crippen LogP contribution in [0, 0.1) is 0 Å². The molecule has 100 valence electrons. The van der Waals surface area contributed by atoms with E-state index in [2.05, 4.69) is 20.0 Å². The van der Waals surface area contributed by atoms with Gasteiger partial charge in [0, 0.05) is 31.7 Å². The minimum atomic E-state index is 0.463. The van der Waals surface area contributed by atoms with E-state index in [4.69, 9.17) is 5.73 Å². The molecule has 0 aliphatic carbocycles. The fourth-order valence-electron chi connectivity index (χ4n) is 2.51. The van der Waals surface area contributed by atoms with E-state index in [9.17, 15) is 0 Å². The van der Waals surface area contributed by atoms with Gasteiger partial charge < -0.3 is 5.73 Å². The summed E-state index contributed by atoms with van der Waals surface area (Å²) >= 11 is 0. The maximum absolute atomic E-state index is 5.66. The number of likely N-dealkylation sites (tertiary alicyclic amines) is 1. The van der Waals surface area contributed by atoms with Gasteiger partial charge in [0.25, 0.3) is 0 Å². The molecule has 3 rings (SSSR count). The van der Waals surface area contributed by atoms with Crippen LogP contribution in [0.2, 0.25) is 0 Å².